The van der Waals surface area contributed by atoms with Gasteiger partial charge in [-0.15, -0.1) is 0 Å². The summed E-state index contributed by atoms with van der Waals surface area (Å²) in [6.07, 6.45) is 7.08. The van der Waals surface area contributed by atoms with Crippen molar-refractivity contribution in [2.45, 2.75) is 38.7 Å². The average molecular weight is 479 g/mol. The Morgan fingerprint density at radius 2 is 1.77 bits per heavy atom. The molecule has 2 aliphatic carbocycles. The molecule has 7 heteroatoms. The maximum atomic E-state index is 13.4. The van der Waals surface area contributed by atoms with E-state index in [-0.39, 0.29) is 17.2 Å². The van der Waals surface area contributed by atoms with Gasteiger partial charge in [-0.05, 0) is 90.6 Å². The minimum atomic E-state index is -0.703. The number of fused-ring (bicyclic) bond motifs is 2. The van der Waals surface area contributed by atoms with Gasteiger partial charge < -0.3 is 19.3 Å². The highest BCUT2D eigenvalue weighted by atomic mass is 19.1. The molecule has 3 unspecified atom stereocenters. The second-order valence-electron chi connectivity index (χ2n) is 9.61. The van der Waals surface area contributed by atoms with E-state index in [1.54, 1.807) is 33.5 Å². The van der Waals surface area contributed by atoms with Crippen LogP contribution in [0, 0.1) is 17.2 Å². The van der Waals surface area contributed by atoms with Gasteiger partial charge in [-0.2, -0.15) is 5.10 Å². The topological polar surface area (TPSA) is 65.7 Å². The molecule has 2 aliphatic rings. The van der Waals surface area contributed by atoms with Crippen LogP contribution in [-0.4, -0.2) is 36.2 Å². The maximum Gasteiger partial charge on any atom is 0.203 e. The molecule has 1 saturated carbocycles. The normalized spacial score (nSPS) is 22.0. The molecule has 1 N–H and O–H groups in total. The molecule has 1 aromatic heterocycles. The van der Waals surface area contributed by atoms with Crippen molar-refractivity contribution in [3.63, 3.8) is 0 Å². The number of aliphatic hydroxyl groups is 1. The molecule has 184 valence electrons. The van der Waals surface area contributed by atoms with Crippen LogP contribution in [0.3, 0.4) is 0 Å². The first kappa shape index (κ1) is 23.4. The summed E-state index contributed by atoms with van der Waals surface area (Å²) in [6.45, 7) is 2.25. The SMILES string of the molecule is COc1cc(C(O)C2CCCC3=Cc4c(cnn4-c4ccc(F)cc4)CC32C)cc(OC)c1OC. The first-order valence-electron chi connectivity index (χ1n) is 11.9. The fourth-order valence-corrected chi connectivity index (χ4v) is 5.88. The highest BCUT2D eigenvalue weighted by Crippen LogP contribution is 2.55. The average Bonchev–Trinajstić information content (AvgIpc) is 3.27. The quantitative estimate of drug-likeness (QED) is 0.506. The largest absolute Gasteiger partial charge is 0.493 e. The molecule has 0 spiro atoms. The second kappa shape index (κ2) is 9.04. The Labute approximate surface area is 204 Å². The molecule has 1 heterocycles. The molecule has 3 atom stereocenters. The lowest BCUT2D eigenvalue weighted by atomic mass is 9.57. The number of aromatic nitrogens is 2. The first-order chi connectivity index (χ1) is 16.9. The van der Waals surface area contributed by atoms with Crippen molar-refractivity contribution in [3.05, 3.63) is 70.8 Å². The molecule has 35 heavy (non-hydrogen) atoms. The van der Waals surface area contributed by atoms with E-state index in [2.05, 4.69) is 18.1 Å². The van der Waals surface area contributed by atoms with Crippen molar-refractivity contribution in [2.24, 2.45) is 11.3 Å². The van der Waals surface area contributed by atoms with E-state index in [1.807, 2.05) is 23.0 Å². The standard InChI is InChI=1S/C28H31FN2O4/c1-28-15-18-16-30-31(21-10-8-20(29)9-11-21)23(18)14-19(28)6-5-7-22(28)26(32)17-12-24(33-2)27(35-4)25(13-17)34-3/h8-14,16,22,26,32H,5-7,15H2,1-4H3. The van der Waals surface area contributed by atoms with Crippen molar-refractivity contribution in [3.8, 4) is 22.9 Å². The third-order valence-corrected chi connectivity index (χ3v) is 7.75. The molecule has 0 bridgehead atoms. The Kier molecular flexibility index (Phi) is 6.05. The van der Waals surface area contributed by atoms with Crippen LogP contribution < -0.4 is 14.2 Å². The van der Waals surface area contributed by atoms with E-state index in [0.29, 0.717) is 17.2 Å². The molecular formula is C28H31FN2O4. The summed E-state index contributed by atoms with van der Waals surface area (Å²) in [5, 5.41) is 16.3. The monoisotopic (exact) mass is 478 g/mol. The zero-order chi connectivity index (χ0) is 24.7. The lowest BCUT2D eigenvalue weighted by Gasteiger charge is -2.47. The van der Waals surface area contributed by atoms with Gasteiger partial charge in [-0.3, -0.25) is 0 Å². The van der Waals surface area contributed by atoms with Crippen molar-refractivity contribution < 1.29 is 23.7 Å². The number of allylic oxidation sites excluding steroid dienone is 1. The molecule has 6 nitrogen and oxygen atoms in total. The molecule has 0 saturated heterocycles. The van der Waals surface area contributed by atoms with E-state index in [1.165, 1.54) is 17.7 Å². The first-order valence-corrected chi connectivity index (χ1v) is 11.9. The number of ether oxygens (including phenoxy) is 3. The molecule has 0 amide bonds. The third kappa shape index (κ3) is 3.88. The summed E-state index contributed by atoms with van der Waals surface area (Å²) < 4.78 is 31.8. The van der Waals surface area contributed by atoms with Crippen LogP contribution in [0.5, 0.6) is 17.2 Å². The molecule has 0 aliphatic heterocycles. The zero-order valence-electron chi connectivity index (χ0n) is 20.5. The molecule has 5 rings (SSSR count). The number of aliphatic hydroxyl groups excluding tert-OH is 1. The Balaban J connectivity index is 1.51. The fraction of sp³-hybridized carbons (Fsp3) is 0.393. The summed E-state index contributed by atoms with van der Waals surface area (Å²) in [5.74, 6) is 1.31. The maximum absolute atomic E-state index is 13.4. The summed E-state index contributed by atoms with van der Waals surface area (Å²) >= 11 is 0. The van der Waals surface area contributed by atoms with Crippen LogP contribution in [0.1, 0.15) is 49.1 Å². The van der Waals surface area contributed by atoms with E-state index >= 15 is 0 Å². The summed E-state index contributed by atoms with van der Waals surface area (Å²) in [4.78, 5) is 0. The lowest BCUT2D eigenvalue weighted by molar-refractivity contribution is 0.0214. The number of nitrogens with zero attached hydrogens (tertiary/aromatic N) is 2. The number of halogens is 1. The van der Waals surface area contributed by atoms with Crippen LogP contribution in [-0.2, 0) is 6.42 Å². The second-order valence-corrected chi connectivity index (χ2v) is 9.61. The predicted octanol–water partition coefficient (Wildman–Crippen LogP) is 5.52. The van der Waals surface area contributed by atoms with Gasteiger partial charge in [-0.1, -0.05) is 12.5 Å². The van der Waals surface area contributed by atoms with E-state index < -0.39 is 6.10 Å². The zero-order valence-corrected chi connectivity index (χ0v) is 20.5. The Morgan fingerprint density at radius 3 is 2.40 bits per heavy atom. The highest BCUT2D eigenvalue weighted by Gasteiger charge is 2.46. The fourth-order valence-electron chi connectivity index (χ4n) is 5.88. The molecule has 2 aromatic carbocycles. The summed E-state index contributed by atoms with van der Waals surface area (Å²) in [6, 6.07) is 10.1. The van der Waals surface area contributed by atoms with Gasteiger partial charge in [0.1, 0.15) is 5.82 Å². The number of methoxy groups -OCH3 is 3. The van der Waals surface area contributed by atoms with Crippen LogP contribution in [0.15, 0.2) is 48.2 Å². The van der Waals surface area contributed by atoms with Gasteiger partial charge in [0.2, 0.25) is 5.75 Å². The van der Waals surface area contributed by atoms with Crippen molar-refractivity contribution in [1.29, 1.82) is 0 Å². The van der Waals surface area contributed by atoms with Gasteiger partial charge >= 0.3 is 0 Å². The number of rotatable bonds is 6. The third-order valence-electron chi connectivity index (χ3n) is 7.75. The Hall–Kier alpha value is -3.32. The summed E-state index contributed by atoms with van der Waals surface area (Å²) in [7, 11) is 4.73. The van der Waals surface area contributed by atoms with Crippen molar-refractivity contribution in [1.82, 2.24) is 9.78 Å². The van der Waals surface area contributed by atoms with Crippen LogP contribution >= 0.6 is 0 Å². The smallest absolute Gasteiger partial charge is 0.203 e. The lowest BCUT2D eigenvalue weighted by Crippen LogP contribution is -2.40. The minimum Gasteiger partial charge on any atom is -0.493 e. The van der Waals surface area contributed by atoms with E-state index in [0.717, 1.165) is 48.2 Å². The molecule has 1 fully saturated rings. The van der Waals surface area contributed by atoms with Gasteiger partial charge in [0.05, 0.1) is 45.0 Å². The predicted molar refractivity (Wildman–Crippen MR) is 132 cm³/mol. The Morgan fingerprint density at radius 1 is 1.09 bits per heavy atom. The van der Waals surface area contributed by atoms with Crippen molar-refractivity contribution in [2.75, 3.05) is 21.3 Å². The highest BCUT2D eigenvalue weighted by molar-refractivity contribution is 5.62. The molecular weight excluding hydrogens is 447 g/mol. The van der Waals surface area contributed by atoms with Gasteiger partial charge in [0.15, 0.2) is 11.5 Å². The minimum absolute atomic E-state index is 0.00706. The number of benzene rings is 2. The molecule has 3 aromatic rings. The Bertz CT molecular complexity index is 1240. The summed E-state index contributed by atoms with van der Waals surface area (Å²) in [5.41, 5.74) is 4.84. The number of hydrogen-bond donors (Lipinski definition) is 1. The van der Waals surface area contributed by atoms with Crippen LogP contribution in [0.2, 0.25) is 0 Å². The van der Waals surface area contributed by atoms with Crippen LogP contribution in [0.25, 0.3) is 11.8 Å². The number of hydrogen-bond acceptors (Lipinski definition) is 5. The van der Waals surface area contributed by atoms with E-state index in [4.69, 9.17) is 14.2 Å². The molecule has 0 radical (unpaired) electrons. The van der Waals surface area contributed by atoms with Gasteiger partial charge in [0.25, 0.3) is 0 Å². The van der Waals surface area contributed by atoms with Crippen molar-refractivity contribution >= 4 is 6.08 Å². The van der Waals surface area contributed by atoms with E-state index in [9.17, 15) is 9.50 Å². The van der Waals surface area contributed by atoms with Gasteiger partial charge in [0, 0.05) is 0 Å². The van der Waals surface area contributed by atoms with Gasteiger partial charge in [-0.25, -0.2) is 9.07 Å². The van der Waals surface area contributed by atoms with Crippen LogP contribution in [0.4, 0.5) is 4.39 Å².